The minimum absolute atomic E-state index is 0.00244. The van der Waals surface area contributed by atoms with Gasteiger partial charge >= 0.3 is 0 Å². The number of nitro benzene ring substituents is 1. The molecule has 0 spiro atoms. The van der Waals surface area contributed by atoms with E-state index in [0.717, 1.165) is 5.69 Å². The number of carbonyl (C=O) groups excluding carboxylic acids is 1. The molecule has 3 aromatic rings. The topological polar surface area (TPSA) is 85.6 Å². The Morgan fingerprint density at radius 1 is 1.29 bits per heavy atom. The number of carbonyl (C=O) groups is 1. The van der Waals surface area contributed by atoms with Gasteiger partial charge < -0.3 is 9.64 Å². The summed E-state index contributed by atoms with van der Waals surface area (Å²) >= 11 is 1.50. The molecule has 1 atom stereocenters. The quantitative estimate of drug-likeness (QED) is 0.434. The first-order valence-corrected chi connectivity index (χ1v) is 9.51. The molecular formula is C20H19N3O4S. The van der Waals surface area contributed by atoms with E-state index in [1.807, 2.05) is 12.3 Å². The Kier molecular flexibility index (Phi) is 6.00. The normalized spacial score (nSPS) is 11.6. The van der Waals surface area contributed by atoms with Crippen LogP contribution in [0.25, 0.3) is 0 Å². The summed E-state index contributed by atoms with van der Waals surface area (Å²) in [7, 11) is 1.68. The molecule has 0 N–H and O–H groups in total. The lowest BCUT2D eigenvalue weighted by Crippen LogP contribution is -2.29. The van der Waals surface area contributed by atoms with E-state index >= 15 is 0 Å². The third kappa shape index (κ3) is 4.52. The lowest BCUT2D eigenvalue weighted by molar-refractivity contribution is -0.384. The lowest BCUT2D eigenvalue weighted by atomic mass is 10.1. The Bertz CT molecular complexity index is 975. The van der Waals surface area contributed by atoms with Crippen LogP contribution in [-0.2, 0) is 6.61 Å². The number of hydrogen-bond acceptors (Lipinski definition) is 6. The van der Waals surface area contributed by atoms with Crippen molar-refractivity contribution in [3.8, 4) is 5.75 Å². The lowest BCUT2D eigenvalue weighted by Gasteiger charge is -2.25. The Balaban J connectivity index is 1.72. The maximum Gasteiger partial charge on any atom is 0.269 e. The van der Waals surface area contributed by atoms with Crippen LogP contribution in [0.2, 0.25) is 0 Å². The molecule has 1 heterocycles. The molecule has 3 rings (SSSR count). The molecule has 7 nitrogen and oxygen atoms in total. The van der Waals surface area contributed by atoms with Crippen molar-refractivity contribution in [2.75, 3.05) is 7.05 Å². The zero-order chi connectivity index (χ0) is 20.1. The molecule has 144 valence electrons. The fourth-order valence-electron chi connectivity index (χ4n) is 2.69. The van der Waals surface area contributed by atoms with E-state index in [1.54, 1.807) is 53.9 Å². The minimum atomic E-state index is -0.443. The highest BCUT2D eigenvalue weighted by molar-refractivity contribution is 7.07. The summed E-state index contributed by atoms with van der Waals surface area (Å²) in [5.74, 6) is 0.383. The van der Waals surface area contributed by atoms with Gasteiger partial charge in [-0.2, -0.15) is 0 Å². The standard InChI is InChI=1S/C20H19N3O4S/c1-14(15-5-3-7-18(9-15)23(25)26)22(2)20(24)16-6-4-8-19(10-16)27-11-17-12-28-13-21-17/h3-10,12-14H,11H2,1-2H3/t14-/m0/s1. The molecule has 0 aliphatic carbocycles. The number of ether oxygens (including phenoxy) is 1. The van der Waals surface area contributed by atoms with Gasteiger partial charge in [0, 0.05) is 30.1 Å². The van der Waals surface area contributed by atoms with Crippen molar-refractivity contribution in [3.63, 3.8) is 0 Å². The van der Waals surface area contributed by atoms with Gasteiger partial charge in [-0.15, -0.1) is 11.3 Å². The number of amides is 1. The number of nitro groups is 1. The summed E-state index contributed by atoms with van der Waals surface area (Å²) in [5, 5.41) is 12.9. The van der Waals surface area contributed by atoms with Crippen molar-refractivity contribution in [1.29, 1.82) is 0 Å². The van der Waals surface area contributed by atoms with Crippen LogP contribution in [0.4, 0.5) is 5.69 Å². The third-order valence-electron chi connectivity index (χ3n) is 4.42. The monoisotopic (exact) mass is 397 g/mol. The largest absolute Gasteiger partial charge is 0.487 e. The van der Waals surface area contributed by atoms with Crippen LogP contribution in [-0.4, -0.2) is 27.8 Å². The molecule has 0 fully saturated rings. The van der Waals surface area contributed by atoms with E-state index in [0.29, 0.717) is 23.5 Å². The summed E-state index contributed by atoms with van der Waals surface area (Å²) < 4.78 is 5.71. The Morgan fingerprint density at radius 2 is 2.07 bits per heavy atom. The van der Waals surface area contributed by atoms with Crippen LogP contribution in [0.15, 0.2) is 59.4 Å². The van der Waals surface area contributed by atoms with E-state index in [1.165, 1.54) is 23.5 Å². The summed E-state index contributed by atoms with van der Waals surface area (Å²) in [4.78, 5) is 29.2. The van der Waals surface area contributed by atoms with Gasteiger partial charge in [0.1, 0.15) is 12.4 Å². The molecule has 2 aromatic carbocycles. The van der Waals surface area contributed by atoms with Gasteiger partial charge in [0.15, 0.2) is 0 Å². The number of non-ortho nitro benzene ring substituents is 1. The second-order valence-corrected chi connectivity index (χ2v) is 6.96. The first kappa shape index (κ1) is 19.5. The number of thiazole rings is 1. The highest BCUT2D eigenvalue weighted by Crippen LogP contribution is 2.25. The molecule has 28 heavy (non-hydrogen) atoms. The van der Waals surface area contributed by atoms with E-state index in [9.17, 15) is 14.9 Å². The Labute approximate surface area is 166 Å². The molecule has 0 bridgehead atoms. The summed E-state index contributed by atoms with van der Waals surface area (Å²) in [6.45, 7) is 2.17. The second kappa shape index (κ2) is 8.62. The summed E-state index contributed by atoms with van der Waals surface area (Å²) in [6, 6.07) is 12.9. The highest BCUT2D eigenvalue weighted by Gasteiger charge is 2.21. The molecule has 0 unspecified atom stereocenters. The fraction of sp³-hybridized carbons (Fsp3) is 0.200. The van der Waals surface area contributed by atoms with E-state index < -0.39 is 4.92 Å². The Morgan fingerprint density at radius 3 is 2.79 bits per heavy atom. The molecule has 0 radical (unpaired) electrons. The van der Waals surface area contributed by atoms with Crippen molar-refractivity contribution in [1.82, 2.24) is 9.88 Å². The molecule has 0 saturated carbocycles. The average molecular weight is 397 g/mol. The van der Waals surface area contributed by atoms with Crippen molar-refractivity contribution in [2.45, 2.75) is 19.6 Å². The fourth-order valence-corrected chi connectivity index (χ4v) is 3.23. The third-order valence-corrected chi connectivity index (χ3v) is 5.05. The van der Waals surface area contributed by atoms with Crippen LogP contribution in [0.1, 0.15) is 34.6 Å². The van der Waals surface area contributed by atoms with Crippen LogP contribution in [0.5, 0.6) is 5.75 Å². The van der Waals surface area contributed by atoms with E-state index in [-0.39, 0.29) is 17.6 Å². The van der Waals surface area contributed by atoms with Crippen molar-refractivity contribution < 1.29 is 14.5 Å². The van der Waals surface area contributed by atoms with Crippen LogP contribution >= 0.6 is 11.3 Å². The number of benzene rings is 2. The molecule has 1 aromatic heterocycles. The molecule has 1 amide bonds. The maximum absolute atomic E-state index is 12.9. The molecular weight excluding hydrogens is 378 g/mol. The molecule has 8 heteroatoms. The second-order valence-electron chi connectivity index (χ2n) is 6.24. The van der Waals surface area contributed by atoms with Gasteiger partial charge in [-0.05, 0) is 30.7 Å². The van der Waals surface area contributed by atoms with Gasteiger partial charge in [0.25, 0.3) is 11.6 Å². The van der Waals surface area contributed by atoms with Crippen LogP contribution in [0, 0.1) is 10.1 Å². The smallest absolute Gasteiger partial charge is 0.269 e. The number of aromatic nitrogens is 1. The first-order chi connectivity index (χ1) is 13.5. The van der Waals surface area contributed by atoms with Gasteiger partial charge in [-0.1, -0.05) is 18.2 Å². The first-order valence-electron chi connectivity index (χ1n) is 8.57. The highest BCUT2D eigenvalue weighted by atomic mass is 32.1. The number of rotatable bonds is 7. The molecule has 0 aliphatic rings. The van der Waals surface area contributed by atoms with Crippen molar-refractivity contribution in [3.05, 3.63) is 86.4 Å². The number of nitrogens with zero attached hydrogens (tertiary/aromatic N) is 3. The van der Waals surface area contributed by atoms with Gasteiger partial charge in [0.2, 0.25) is 0 Å². The van der Waals surface area contributed by atoms with E-state index in [4.69, 9.17) is 4.74 Å². The van der Waals surface area contributed by atoms with Crippen LogP contribution in [0.3, 0.4) is 0 Å². The van der Waals surface area contributed by atoms with E-state index in [2.05, 4.69) is 4.98 Å². The predicted octanol–water partition coefficient (Wildman–Crippen LogP) is 4.46. The zero-order valence-electron chi connectivity index (χ0n) is 15.4. The zero-order valence-corrected chi connectivity index (χ0v) is 16.3. The predicted molar refractivity (Wildman–Crippen MR) is 106 cm³/mol. The van der Waals surface area contributed by atoms with Gasteiger partial charge in [-0.25, -0.2) is 4.98 Å². The molecule has 0 saturated heterocycles. The Hall–Kier alpha value is -3.26. The average Bonchev–Trinajstić information content (AvgIpc) is 3.24. The van der Waals surface area contributed by atoms with Crippen LogP contribution < -0.4 is 4.74 Å². The maximum atomic E-state index is 12.9. The summed E-state index contributed by atoms with van der Waals surface area (Å²) in [5.41, 5.74) is 3.75. The van der Waals surface area contributed by atoms with Crippen molar-refractivity contribution >= 4 is 22.9 Å². The number of hydrogen-bond donors (Lipinski definition) is 0. The van der Waals surface area contributed by atoms with Crippen molar-refractivity contribution in [2.24, 2.45) is 0 Å². The van der Waals surface area contributed by atoms with Gasteiger partial charge in [-0.3, -0.25) is 14.9 Å². The summed E-state index contributed by atoms with van der Waals surface area (Å²) in [6.07, 6.45) is 0. The SMILES string of the molecule is C[C@@H](c1cccc([N+](=O)[O-])c1)N(C)C(=O)c1cccc(OCc2cscn2)c1. The minimum Gasteiger partial charge on any atom is -0.487 e. The molecule has 0 aliphatic heterocycles. The van der Waals surface area contributed by atoms with Gasteiger partial charge in [0.05, 0.1) is 22.2 Å².